The van der Waals surface area contributed by atoms with Crippen LogP contribution in [0.4, 0.5) is 0 Å². The highest BCUT2D eigenvalue weighted by atomic mass is 35.5. The summed E-state index contributed by atoms with van der Waals surface area (Å²) in [4.78, 5) is 3.77. The third-order valence-electron chi connectivity index (χ3n) is 1.08. The Bertz CT molecular complexity index is 257. The average molecular weight is 141 g/mol. The molecule has 0 amide bonds. The second-order valence-corrected chi connectivity index (χ2v) is 1.95. The predicted molar refractivity (Wildman–Crippen MR) is 36.2 cm³/mol. The van der Waals surface area contributed by atoms with Gasteiger partial charge in [-0.3, -0.25) is 0 Å². The van der Waals surface area contributed by atoms with Crippen molar-refractivity contribution in [2.24, 2.45) is 7.05 Å². The van der Waals surface area contributed by atoms with Crippen LogP contribution < -0.4 is 0 Å². The van der Waals surface area contributed by atoms with Gasteiger partial charge in [0.2, 0.25) is 5.28 Å². The molecule has 2 nitrogen and oxygen atoms in total. The molecule has 0 N–H and O–H groups in total. The van der Waals surface area contributed by atoms with E-state index >= 15 is 0 Å². The summed E-state index contributed by atoms with van der Waals surface area (Å²) >= 11 is 5.56. The summed E-state index contributed by atoms with van der Waals surface area (Å²) in [5.41, 5.74) is 0.694. The molecule has 0 fully saturated rings. The first kappa shape index (κ1) is 6.18. The smallest absolute Gasteiger partial charge is 0.203 e. The van der Waals surface area contributed by atoms with Gasteiger partial charge in [-0.25, -0.2) is 4.98 Å². The lowest BCUT2D eigenvalue weighted by molar-refractivity contribution is 0.901. The molecule has 1 aromatic heterocycles. The summed E-state index contributed by atoms with van der Waals surface area (Å²) in [7, 11) is 1.77. The maximum Gasteiger partial charge on any atom is 0.203 e. The maximum absolute atomic E-state index is 5.56. The van der Waals surface area contributed by atoms with Crippen molar-refractivity contribution in [1.29, 1.82) is 0 Å². The predicted octanol–water partition coefficient (Wildman–Crippen LogP) is 1.05. The van der Waals surface area contributed by atoms with Gasteiger partial charge in [0.25, 0.3) is 0 Å². The van der Waals surface area contributed by atoms with Gasteiger partial charge in [0.15, 0.2) is 0 Å². The normalized spacial score (nSPS) is 9.00. The molecule has 0 spiro atoms. The molecule has 0 bridgehead atoms. The molecule has 0 saturated carbocycles. The molecule has 0 aliphatic heterocycles. The highest BCUT2D eigenvalue weighted by Crippen LogP contribution is 2.05. The number of nitrogens with zero attached hydrogens (tertiary/aromatic N) is 2. The number of halogens is 1. The number of terminal acetylenes is 1. The van der Waals surface area contributed by atoms with Crippen molar-refractivity contribution in [3.63, 3.8) is 0 Å². The van der Waals surface area contributed by atoms with Crippen molar-refractivity contribution < 1.29 is 0 Å². The molecule has 0 unspecified atom stereocenters. The number of hydrogen-bond acceptors (Lipinski definition) is 1. The fraction of sp³-hybridized carbons (Fsp3) is 0.167. The van der Waals surface area contributed by atoms with E-state index in [1.54, 1.807) is 17.8 Å². The fourth-order valence-corrected chi connectivity index (χ4v) is 0.661. The zero-order chi connectivity index (χ0) is 6.85. The van der Waals surface area contributed by atoms with Gasteiger partial charge < -0.3 is 4.57 Å². The quantitative estimate of drug-likeness (QED) is 0.493. The molecule has 1 heterocycles. The Hall–Kier alpha value is -0.940. The van der Waals surface area contributed by atoms with Crippen LogP contribution in [0.1, 0.15) is 5.69 Å². The zero-order valence-corrected chi connectivity index (χ0v) is 5.68. The third-order valence-corrected chi connectivity index (χ3v) is 1.43. The largest absolute Gasteiger partial charge is 0.311 e. The minimum atomic E-state index is 0.419. The van der Waals surface area contributed by atoms with E-state index in [1.165, 1.54) is 0 Å². The van der Waals surface area contributed by atoms with Crippen molar-refractivity contribution in [1.82, 2.24) is 9.55 Å². The van der Waals surface area contributed by atoms with E-state index < -0.39 is 0 Å². The number of hydrogen-bond donors (Lipinski definition) is 0. The molecule has 9 heavy (non-hydrogen) atoms. The zero-order valence-electron chi connectivity index (χ0n) is 4.93. The second kappa shape index (κ2) is 2.12. The van der Waals surface area contributed by atoms with Crippen LogP contribution >= 0.6 is 11.6 Å². The lowest BCUT2D eigenvalue weighted by Gasteiger charge is -1.91. The van der Waals surface area contributed by atoms with Gasteiger partial charge in [0.1, 0.15) is 5.69 Å². The van der Waals surface area contributed by atoms with E-state index in [9.17, 15) is 0 Å². The van der Waals surface area contributed by atoms with Gasteiger partial charge in [-0.15, -0.1) is 6.42 Å². The molecule has 0 atom stereocenters. The molecule has 46 valence electrons. The molecule has 0 radical (unpaired) electrons. The Morgan fingerprint density at radius 2 is 2.56 bits per heavy atom. The first-order valence-corrected chi connectivity index (χ1v) is 2.77. The standard InChI is InChI=1S/C6H5ClN2/c1-3-5-4-8-6(7)9(5)2/h1,4H,2H3. The summed E-state index contributed by atoms with van der Waals surface area (Å²) in [5.74, 6) is 2.43. The molecule has 0 saturated heterocycles. The molecule has 0 aliphatic rings. The minimum absolute atomic E-state index is 0.419. The Morgan fingerprint density at radius 1 is 1.89 bits per heavy atom. The van der Waals surface area contributed by atoms with Crippen LogP contribution in [0.25, 0.3) is 0 Å². The van der Waals surface area contributed by atoms with Gasteiger partial charge in [0.05, 0.1) is 6.20 Å². The van der Waals surface area contributed by atoms with Gasteiger partial charge >= 0.3 is 0 Å². The molecular weight excluding hydrogens is 136 g/mol. The van der Waals surface area contributed by atoms with Gasteiger partial charge in [-0.1, -0.05) is 5.92 Å². The molecule has 3 heteroatoms. The minimum Gasteiger partial charge on any atom is -0.311 e. The van der Waals surface area contributed by atoms with E-state index in [4.69, 9.17) is 18.0 Å². The Labute approximate surface area is 58.5 Å². The van der Waals surface area contributed by atoms with Crippen LogP contribution in [0.2, 0.25) is 5.28 Å². The Kier molecular flexibility index (Phi) is 1.46. The van der Waals surface area contributed by atoms with Crippen LogP contribution in [-0.4, -0.2) is 9.55 Å². The Morgan fingerprint density at radius 3 is 2.78 bits per heavy atom. The molecule has 0 aromatic carbocycles. The average Bonchev–Trinajstić information content (AvgIpc) is 2.15. The van der Waals surface area contributed by atoms with E-state index in [1.807, 2.05) is 0 Å². The van der Waals surface area contributed by atoms with E-state index in [0.29, 0.717) is 11.0 Å². The van der Waals surface area contributed by atoms with Crippen LogP contribution in [-0.2, 0) is 7.05 Å². The second-order valence-electron chi connectivity index (χ2n) is 1.62. The summed E-state index contributed by atoms with van der Waals surface area (Å²) < 4.78 is 1.64. The Balaban J connectivity index is 3.24. The van der Waals surface area contributed by atoms with Gasteiger partial charge in [-0.2, -0.15) is 0 Å². The van der Waals surface area contributed by atoms with E-state index in [0.717, 1.165) is 0 Å². The SMILES string of the molecule is C#Cc1cnc(Cl)n1C. The molecular formula is C6H5ClN2. The van der Waals surface area contributed by atoms with Crippen molar-refractivity contribution in [3.05, 3.63) is 17.2 Å². The highest BCUT2D eigenvalue weighted by Gasteiger charge is 1.97. The van der Waals surface area contributed by atoms with Crippen molar-refractivity contribution in [2.75, 3.05) is 0 Å². The monoisotopic (exact) mass is 140 g/mol. The van der Waals surface area contributed by atoms with E-state index in [2.05, 4.69) is 10.9 Å². The first-order chi connectivity index (χ1) is 4.25. The molecule has 1 rings (SSSR count). The highest BCUT2D eigenvalue weighted by molar-refractivity contribution is 6.28. The lowest BCUT2D eigenvalue weighted by atomic mass is 10.5. The third kappa shape index (κ3) is 0.914. The molecule has 1 aromatic rings. The first-order valence-electron chi connectivity index (χ1n) is 2.39. The maximum atomic E-state index is 5.56. The van der Waals surface area contributed by atoms with Crippen molar-refractivity contribution >= 4 is 11.6 Å². The number of aromatic nitrogens is 2. The summed E-state index contributed by atoms with van der Waals surface area (Å²) in [6.07, 6.45) is 6.65. The van der Waals surface area contributed by atoms with Gasteiger partial charge in [-0.05, 0) is 11.6 Å². The topological polar surface area (TPSA) is 17.8 Å². The summed E-state index contributed by atoms with van der Waals surface area (Å²) in [5, 5.41) is 0.419. The summed E-state index contributed by atoms with van der Waals surface area (Å²) in [6, 6.07) is 0. The number of rotatable bonds is 0. The van der Waals surface area contributed by atoms with Crippen LogP contribution in [0, 0.1) is 12.3 Å². The lowest BCUT2D eigenvalue weighted by Crippen LogP contribution is -1.89. The van der Waals surface area contributed by atoms with Crippen molar-refractivity contribution in [2.45, 2.75) is 0 Å². The van der Waals surface area contributed by atoms with E-state index in [-0.39, 0.29) is 0 Å². The van der Waals surface area contributed by atoms with Crippen molar-refractivity contribution in [3.8, 4) is 12.3 Å². The molecule has 0 aliphatic carbocycles. The van der Waals surface area contributed by atoms with Gasteiger partial charge in [0, 0.05) is 7.05 Å². The van der Waals surface area contributed by atoms with Crippen LogP contribution in [0.5, 0.6) is 0 Å². The fourth-order valence-electron chi connectivity index (χ4n) is 0.521. The number of imidazole rings is 1. The van der Waals surface area contributed by atoms with Crippen LogP contribution in [0.3, 0.4) is 0 Å². The van der Waals surface area contributed by atoms with Crippen LogP contribution in [0.15, 0.2) is 6.20 Å². The summed E-state index contributed by atoms with van der Waals surface area (Å²) in [6.45, 7) is 0.